The van der Waals surface area contributed by atoms with Gasteiger partial charge in [0.25, 0.3) is 0 Å². The molecule has 1 aliphatic heterocycles. The second kappa shape index (κ2) is 5.61. The first kappa shape index (κ1) is 14.9. The lowest BCUT2D eigenvalue weighted by atomic mass is 10.2. The molecule has 1 aliphatic carbocycles. The zero-order chi connectivity index (χ0) is 14.3. The van der Waals surface area contributed by atoms with Crippen molar-refractivity contribution in [2.75, 3.05) is 26.2 Å². The molecule has 1 aromatic carbocycles. The highest BCUT2D eigenvalue weighted by atomic mass is 79.9. The molecular formula is C15H21BrN2OS. The molecule has 1 atom stereocenters. The maximum absolute atomic E-state index is 12.7. The smallest absolute Gasteiger partial charge is 0.177 e. The van der Waals surface area contributed by atoms with Crippen molar-refractivity contribution in [2.45, 2.75) is 37.1 Å². The van der Waals surface area contributed by atoms with Crippen molar-refractivity contribution < 1.29 is 4.55 Å². The lowest BCUT2D eigenvalue weighted by Crippen LogP contribution is -2.52. The van der Waals surface area contributed by atoms with E-state index in [1.807, 2.05) is 25.1 Å². The minimum Gasteiger partial charge on any atom is -0.593 e. The van der Waals surface area contributed by atoms with Crippen molar-refractivity contribution in [1.82, 2.24) is 9.21 Å². The first-order chi connectivity index (χ1) is 9.49. The summed E-state index contributed by atoms with van der Waals surface area (Å²) in [5.41, 5.74) is 1.54. The molecule has 1 saturated carbocycles. The van der Waals surface area contributed by atoms with Gasteiger partial charge in [0.15, 0.2) is 4.90 Å². The van der Waals surface area contributed by atoms with Crippen molar-refractivity contribution in [3.05, 3.63) is 28.2 Å². The SMILES string of the molecule is Cc1cc(Br)ccc1[S+]([O-])N1CCN(C2(C)CC2)CC1. The topological polar surface area (TPSA) is 29.5 Å². The van der Waals surface area contributed by atoms with Gasteiger partial charge in [-0.1, -0.05) is 15.9 Å². The zero-order valence-electron chi connectivity index (χ0n) is 12.1. The molecule has 0 amide bonds. The maximum Gasteiger partial charge on any atom is 0.177 e. The van der Waals surface area contributed by atoms with Gasteiger partial charge >= 0.3 is 0 Å². The van der Waals surface area contributed by atoms with E-state index < -0.39 is 11.4 Å². The molecule has 110 valence electrons. The molecule has 0 bridgehead atoms. The molecule has 0 radical (unpaired) electrons. The second-order valence-corrected chi connectivity index (χ2v) is 8.44. The van der Waals surface area contributed by atoms with Crippen LogP contribution in [0.5, 0.6) is 0 Å². The molecule has 2 fully saturated rings. The van der Waals surface area contributed by atoms with Gasteiger partial charge in [0.2, 0.25) is 0 Å². The Bertz CT molecular complexity index is 499. The summed E-state index contributed by atoms with van der Waals surface area (Å²) < 4.78 is 15.9. The van der Waals surface area contributed by atoms with E-state index in [0.29, 0.717) is 5.54 Å². The normalized spacial score (nSPS) is 24.6. The predicted molar refractivity (Wildman–Crippen MR) is 86.1 cm³/mol. The molecule has 0 aromatic heterocycles. The highest BCUT2D eigenvalue weighted by molar-refractivity contribution is 9.10. The largest absolute Gasteiger partial charge is 0.593 e. The van der Waals surface area contributed by atoms with Crippen molar-refractivity contribution in [3.63, 3.8) is 0 Å². The summed E-state index contributed by atoms with van der Waals surface area (Å²) in [4.78, 5) is 3.51. The zero-order valence-corrected chi connectivity index (χ0v) is 14.5. The summed E-state index contributed by atoms with van der Waals surface area (Å²) in [5, 5.41) is 0. The molecule has 3 rings (SSSR count). The minimum atomic E-state index is -1.03. The number of hydrogen-bond acceptors (Lipinski definition) is 3. The van der Waals surface area contributed by atoms with Crippen LogP contribution in [0.25, 0.3) is 0 Å². The van der Waals surface area contributed by atoms with Crippen LogP contribution < -0.4 is 0 Å². The van der Waals surface area contributed by atoms with Gasteiger partial charge in [-0.25, -0.2) is 0 Å². The molecular weight excluding hydrogens is 336 g/mol. The lowest BCUT2D eigenvalue weighted by molar-refractivity contribution is 0.132. The number of piperazine rings is 1. The van der Waals surface area contributed by atoms with Crippen LogP contribution in [0.4, 0.5) is 0 Å². The van der Waals surface area contributed by atoms with Crippen molar-refractivity contribution in [1.29, 1.82) is 0 Å². The molecule has 0 spiro atoms. The highest BCUT2D eigenvalue weighted by Gasteiger charge is 2.45. The molecule has 1 aromatic rings. The van der Waals surface area contributed by atoms with E-state index in [9.17, 15) is 4.55 Å². The number of aryl methyl sites for hydroxylation is 1. The Labute approximate surface area is 132 Å². The number of benzene rings is 1. The third-order valence-corrected chi connectivity index (χ3v) is 6.70. The van der Waals surface area contributed by atoms with E-state index >= 15 is 0 Å². The highest BCUT2D eigenvalue weighted by Crippen LogP contribution is 2.41. The van der Waals surface area contributed by atoms with E-state index in [0.717, 1.165) is 41.1 Å². The fraction of sp³-hybridized carbons (Fsp3) is 0.600. The van der Waals surface area contributed by atoms with Crippen LogP contribution in [0.2, 0.25) is 0 Å². The fourth-order valence-corrected chi connectivity index (χ4v) is 4.61. The van der Waals surface area contributed by atoms with Gasteiger partial charge in [0.1, 0.15) is 0 Å². The van der Waals surface area contributed by atoms with E-state index in [1.54, 1.807) is 0 Å². The molecule has 20 heavy (non-hydrogen) atoms. The van der Waals surface area contributed by atoms with Gasteiger partial charge in [-0.2, -0.15) is 0 Å². The van der Waals surface area contributed by atoms with Crippen LogP contribution in [0.1, 0.15) is 25.3 Å². The minimum absolute atomic E-state index is 0.446. The third kappa shape index (κ3) is 2.92. The monoisotopic (exact) mass is 356 g/mol. The Morgan fingerprint density at radius 1 is 1.20 bits per heavy atom. The Balaban J connectivity index is 1.65. The Morgan fingerprint density at radius 3 is 2.40 bits per heavy atom. The summed E-state index contributed by atoms with van der Waals surface area (Å²) in [7, 11) is 0. The first-order valence-electron chi connectivity index (χ1n) is 7.18. The average molecular weight is 357 g/mol. The number of rotatable bonds is 3. The molecule has 1 unspecified atom stereocenters. The van der Waals surface area contributed by atoms with E-state index in [2.05, 4.69) is 32.1 Å². The van der Waals surface area contributed by atoms with Gasteiger partial charge in [0.05, 0.1) is 24.5 Å². The second-order valence-electron chi connectivity index (χ2n) is 6.07. The standard InChI is InChI=1S/C15H21BrN2OS/c1-12-11-13(16)3-4-14(12)20(19)18-9-7-17(8-10-18)15(2)5-6-15/h3-4,11H,5-10H2,1-2H3. The average Bonchev–Trinajstić information content (AvgIpc) is 3.18. The molecule has 3 nitrogen and oxygen atoms in total. The first-order valence-corrected chi connectivity index (χ1v) is 9.08. The van der Waals surface area contributed by atoms with E-state index in [-0.39, 0.29) is 0 Å². The van der Waals surface area contributed by atoms with Crippen LogP contribution >= 0.6 is 15.9 Å². The third-order valence-electron chi connectivity index (χ3n) is 4.54. The Kier molecular flexibility index (Phi) is 4.17. The van der Waals surface area contributed by atoms with Crippen LogP contribution in [0, 0.1) is 6.92 Å². The number of halogens is 1. The van der Waals surface area contributed by atoms with E-state index in [4.69, 9.17) is 0 Å². The van der Waals surface area contributed by atoms with Crippen LogP contribution in [0.3, 0.4) is 0 Å². The summed E-state index contributed by atoms with van der Waals surface area (Å²) in [6.45, 7) is 8.25. The quantitative estimate of drug-likeness (QED) is 0.779. The Hall–Kier alpha value is -0.0700. The maximum atomic E-state index is 12.7. The van der Waals surface area contributed by atoms with Gasteiger partial charge < -0.3 is 4.55 Å². The van der Waals surface area contributed by atoms with Crippen LogP contribution in [0.15, 0.2) is 27.6 Å². The molecule has 0 N–H and O–H groups in total. The predicted octanol–water partition coefficient (Wildman–Crippen LogP) is 2.95. The van der Waals surface area contributed by atoms with E-state index in [1.165, 1.54) is 12.8 Å². The lowest BCUT2D eigenvalue weighted by Gasteiger charge is -2.37. The molecule has 1 saturated heterocycles. The van der Waals surface area contributed by atoms with Crippen molar-refractivity contribution in [2.24, 2.45) is 0 Å². The number of nitrogens with zero attached hydrogens (tertiary/aromatic N) is 2. The summed E-state index contributed by atoms with van der Waals surface area (Å²) in [5.74, 6) is 0. The summed E-state index contributed by atoms with van der Waals surface area (Å²) in [6.07, 6.45) is 2.64. The molecule has 2 aliphatic rings. The Morgan fingerprint density at radius 2 is 1.85 bits per heavy atom. The van der Waals surface area contributed by atoms with Crippen molar-refractivity contribution >= 4 is 27.3 Å². The van der Waals surface area contributed by atoms with Gasteiger partial charge in [0, 0.05) is 28.7 Å². The summed E-state index contributed by atoms with van der Waals surface area (Å²) >= 11 is 2.43. The van der Waals surface area contributed by atoms with Crippen molar-refractivity contribution in [3.8, 4) is 0 Å². The fourth-order valence-electron chi connectivity index (χ4n) is 2.84. The van der Waals surface area contributed by atoms with Crippen LogP contribution in [-0.2, 0) is 11.4 Å². The van der Waals surface area contributed by atoms with Crippen LogP contribution in [-0.4, -0.2) is 45.5 Å². The molecule has 5 heteroatoms. The molecule has 1 heterocycles. The van der Waals surface area contributed by atoms with Gasteiger partial charge in [-0.15, -0.1) is 4.31 Å². The van der Waals surface area contributed by atoms with Gasteiger partial charge in [-0.3, -0.25) is 4.90 Å². The number of hydrogen-bond donors (Lipinski definition) is 0. The van der Waals surface area contributed by atoms with Gasteiger partial charge in [-0.05, 0) is 44.9 Å². The summed E-state index contributed by atoms with van der Waals surface area (Å²) in [6, 6.07) is 5.99.